The van der Waals surface area contributed by atoms with Crippen LogP contribution in [0.2, 0.25) is 10.0 Å². The molecule has 0 saturated heterocycles. The van der Waals surface area contributed by atoms with E-state index in [0.29, 0.717) is 38.8 Å². The van der Waals surface area contributed by atoms with Gasteiger partial charge in [0.25, 0.3) is 5.91 Å². The first kappa shape index (κ1) is 20.2. The lowest BCUT2D eigenvalue weighted by molar-refractivity contribution is -0.139. The molecule has 0 atom stereocenters. The second kappa shape index (κ2) is 8.68. The van der Waals surface area contributed by atoms with Crippen molar-refractivity contribution >= 4 is 51.5 Å². The number of thiazole rings is 1. The minimum absolute atomic E-state index is 0.0285. The molecule has 8 nitrogen and oxygen atoms in total. The van der Waals surface area contributed by atoms with Crippen LogP contribution in [0.1, 0.15) is 29.1 Å². The molecule has 1 aromatic carbocycles. The number of anilines is 1. The van der Waals surface area contributed by atoms with Crippen LogP contribution in [0.15, 0.2) is 23.6 Å². The molecule has 0 fully saturated rings. The molecule has 1 N–H and O–H groups in total. The van der Waals surface area contributed by atoms with Crippen molar-refractivity contribution in [1.82, 2.24) is 19.7 Å². The molecule has 2 aromatic heterocycles. The summed E-state index contributed by atoms with van der Waals surface area (Å²) in [6.07, 6.45) is 0.545. The highest BCUT2D eigenvalue weighted by atomic mass is 35.5. The lowest BCUT2D eigenvalue weighted by Crippen LogP contribution is -2.14. The van der Waals surface area contributed by atoms with E-state index in [0.717, 1.165) is 0 Å². The number of carbonyl (C=O) groups is 2. The number of hydrogen-bond acceptors (Lipinski definition) is 7. The first-order valence-corrected chi connectivity index (χ1v) is 9.79. The van der Waals surface area contributed by atoms with Gasteiger partial charge in [0.1, 0.15) is 11.5 Å². The smallest absolute Gasteiger partial charge is 0.311 e. The monoisotopic (exact) mass is 439 g/mol. The standard InChI is InChI=1S/C17H15Cl2N5O3S/c1-3-12-21-15(23-24(12)14-10(18)5-4-6-11(14)19)16(26)22-17-20-9(8-28-17)7-13(25)27-2/h4-6,8H,3,7H2,1-2H3,(H,20,22,26). The molecule has 0 radical (unpaired) electrons. The fraction of sp³-hybridized carbons (Fsp3) is 0.235. The summed E-state index contributed by atoms with van der Waals surface area (Å²) in [5.74, 6) is -0.452. The number of nitrogens with zero attached hydrogens (tertiary/aromatic N) is 4. The number of halogens is 2. The lowest BCUT2D eigenvalue weighted by atomic mass is 10.3. The van der Waals surface area contributed by atoms with Crippen molar-refractivity contribution in [3.8, 4) is 5.69 Å². The maximum atomic E-state index is 12.5. The number of carbonyl (C=O) groups excluding carboxylic acids is 2. The molecular formula is C17H15Cl2N5O3S. The molecule has 2 heterocycles. The zero-order chi connectivity index (χ0) is 20.3. The number of aromatic nitrogens is 4. The fourth-order valence-corrected chi connectivity index (χ4v) is 3.62. The molecule has 0 aliphatic carbocycles. The van der Waals surface area contributed by atoms with Gasteiger partial charge in [-0.05, 0) is 12.1 Å². The van der Waals surface area contributed by atoms with Gasteiger partial charge in [-0.15, -0.1) is 16.4 Å². The Morgan fingerprint density at radius 3 is 2.61 bits per heavy atom. The van der Waals surface area contributed by atoms with Crippen molar-refractivity contribution < 1.29 is 14.3 Å². The second-order valence-corrected chi connectivity index (χ2v) is 7.21. The molecule has 0 saturated carbocycles. The molecular weight excluding hydrogens is 425 g/mol. The molecule has 0 aliphatic heterocycles. The number of para-hydroxylation sites is 1. The van der Waals surface area contributed by atoms with Gasteiger partial charge in [-0.1, -0.05) is 36.2 Å². The molecule has 28 heavy (non-hydrogen) atoms. The van der Waals surface area contributed by atoms with Crippen LogP contribution in [-0.4, -0.2) is 38.7 Å². The highest BCUT2D eigenvalue weighted by Gasteiger charge is 2.20. The van der Waals surface area contributed by atoms with Crippen molar-refractivity contribution in [3.05, 3.63) is 51.0 Å². The van der Waals surface area contributed by atoms with E-state index in [4.69, 9.17) is 23.2 Å². The van der Waals surface area contributed by atoms with Crippen molar-refractivity contribution in [2.24, 2.45) is 0 Å². The number of ether oxygens (including phenoxy) is 1. The molecule has 0 aliphatic rings. The third kappa shape index (κ3) is 4.32. The van der Waals surface area contributed by atoms with Crippen molar-refractivity contribution in [1.29, 1.82) is 0 Å². The maximum absolute atomic E-state index is 12.5. The van der Waals surface area contributed by atoms with Gasteiger partial charge in [-0.2, -0.15) is 0 Å². The summed E-state index contributed by atoms with van der Waals surface area (Å²) >= 11 is 13.7. The minimum Gasteiger partial charge on any atom is -0.469 e. The van der Waals surface area contributed by atoms with E-state index >= 15 is 0 Å². The van der Waals surface area contributed by atoms with Gasteiger partial charge in [-0.3, -0.25) is 14.9 Å². The number of esters is 1. The Labute approximate surface area is 174 Å². The third-order valence-corrected chi connectivity index (χ3v) is 5.08. The SMILES string of the molecule is CCc1nc(C(=O)Nc2nc(CC(=O)OC)cs2)nn1-c1c(Cl)cccc1Cl. The highest BCUT2D eigenvalue weighted by molar-refractivity contribution is 7.14. The first-order valence-electron chi connectivity index (χ1n) is 8.15. The number of rotatable bonds is 6. The lowest BCUT2D eigenvalue weighted by Gasteiger charge is -2.08. The number of amides is 1. The van der Waals surface area contributed by atoms with Gasteiger partial charge in [0.2, 0.25) is 5.82 Å². The number of benzene rings is 1. The van der Waals surface area contributed by atoms with E-state index in [1.54, 1.807) is 23.6 Å². The van der Waals surface area contributed by atoms with Crippen molar-refractivity contribution in [2.45, 2.75) is 19.8 Å². The summed E-state index contributed by atoms with van der Waals surface area (Å²) in [6.45, 7) is 1.88. The summed E-state index contributed by atoms with van der Waals surface area (Å²) in [5.41, 5.74) is 0.964. The van der Waals surface area contributed by atoms with Crippen LogP contribution in [0.3, 0.4) is 0 Å². The summed E-state index contributed by atoms with van der Waals surface area (Å²) < 4.78 is 6.06. The van der Waals surface area contributed by atoms with Crippen LogP contribution in [0, 0.1) is 0 Å². The highest BCUT2D eigenvalue weighted by Crippen LogP contribution is 2.29. The Hall–Kier alpha value is -2.49. The van der Waals surface area contributed by atoms with Gasteiger partial charge in [0.05, 0.1) is 29.3 Å². The van der Waals surface area contributed by atoms with Crippen LogP contribution in [0.5, 0.6) is 0 Å². The summed E-state index contributed by atoms with van der Waals surface area (Å²) in [5, 5.41) is 9.68. The quantitative estimate of drug-likeness (QED) is 0.589. The number of hydrogen-bond donors (Lipinski definition) is 1. The summed E-state index contributed by atoms with van der Waals surface area (Å²) in [4.78, 5) is 32.3. The Bertz CT molecular complexity index is 1010. The second-order valence-electron chi connectivity index (χ2n) is 5.54. The molecule has 11 heteroatoms. The Kier molecular flexibility index (Phi) is 6.28. The molecule has 0 spiro atoms. The van der Waals surface area contributed by atoms with E-state index in [1.807, 2.05) is 6.92 Å². The van der Waals surface area contributed by atoms with Crippen LogP contribution >= 0.6 is 34.5 Å². The normalized spacial score (nSPS) is 10.7. The number of nitrogens with one attached hydrogen (secondary N) is 1. The molecule has 1 amide bonds. The molecule has 0 unspecified atom stereocenters. The topological polar surface area (TPSA) is 99.0 Å². The van der Waals surface area contributed by atoms with Gasteiger partial charge in [0, 0.05) is 11.8 Å². The van der Waals surface area contributed by atoms with Crippen LogP contribution in [0.4, 0.5) is 5.13 Å². The molecule has 3 aromatic rings. The van der Waals surface area contributed by atoms with E-state index in [9.17, 15) is 9.59 Å². The van der Waals surface area contributed by atoms with Gasteiger partial charge < -0.3 is 4.74 Å². The average Bonchev–Trinajstić information content (AvgIpc) is 3.28. The van der Waals surface area contributed by atoms with E-state index in [-0.39, 0.29) is 12.2 Å². The molecule has 146 valence electrons. The van der Waals surface area contributed by atoms with E-state index in [1.165, 1.54) is 23.1 Å². The first-order chi connectivity index (χ1) is 13.4. The summed E-state index contributed by atoms with van der Waals surface area (Å²) in [7, 11) is 1.30. The summed E-state index contributed by atoms with van der Waals surface area (Å²) in [6, 6.07) is 5.09. The fourth-order valence-electron chi connectivity index (χ4n) is 2.36. The predicted octanol–water partition coefficient (Wildman–Crippen LogP) is 3.56. The Morgan fingerprint density at radius 1 is 1.25 bits per heavy atom. The van der Waals surface area contributed by atoms with Gasteiger partial charge in [0.15, 0.2) is 5.13 Å². The average molecular weight is 440 g/mol. The molecule has 3 rings (SSSR count). The predicted molar refractivity (Wildman–Crippen MR) is 107 cm³/mol. The number of aryl methyl sites for hydroxylation is 1. The largest absolute Gasteiger partial charge is 0.469 e. The van der Waals surface area contributed by atoms with E-state index < -0.39 is 11.9 Å². The third-order valence-electron chi connectivity index (χ3n) is 3.67. The van der Waals surface area contributed by atoms with Gasteiger partial charge >= 0.3 is 5.97 Å². The minimum atomic E-state index is -0.532. The number of methoxy groups -OCH3 is 1. The Morgan fingerprint density at radius 2 is 1.96 bits per heavy atom. The Balaban J connectivity index is 1.84. The molecule has 0 bridgehead atoms. The van der Waals surface area contributed by atoms with E-state index in [2.05, 4.69) is 25.1 Å². The van der Waals surface area contributed by atoms with Crippen molar-refractivity contribution in [2.75, 3.05) is 12.4 Å². The van der Waals surface area contributed by atoms with Crippen LogP contribution < -0.4 is 5.32 Å². The van der Waals surface area contributed by atoms with Crippen LogP contribution in [-0.2, 0) is 22.4 Å². The zero-order valence-corrected chi connectivity index (χ0v) is 17.2. The van der Waals surface area contributed by atoms with Gasteiger partial charge in [-0.25, -0.2) is 14.6 Å². The zero-order valence-electron chi connectivity index (χ0n) is 14.9. The maximum Gasteiger partial charge on any atom is 0.311 e. The van der Waals surface area contributed by atoms with Crippen molar-refractivity contribution in [3.63, 3.8) is 0 Å². The van der Waals surface area contributed by atoms with Crippen LogP contribution in [0.25, 0.3) is 5.69 Å².